The third kappa shape index (κ3) is 3.76. The number of alkyl halides is 3. The Labute approximate surface area is 241 Å². The molecule has 0 spiro atoms. The average molecular weight is 553 g/mol. The van der Waals surface area contributed by atoms with E-state index in [2.05, 4.69) is 97.1 Å². The molecular weight excluding hydrogens is 525 g/mol. The van der Waals surface area contributed by atoms with E-state index in [0.717, 1.165) is 35.6 Å². The first-order chi connectivity index (χ1) is 20.5. The highest BCUT2D eigenvalue weighted by Crippen LogP contribution is 2.39. The number of allylic oxidation sites excluding steroid dienone is 9. The number of halogens is 3. The minimum atomic E-state index is -4.33. The number of hydrogen-bond donors (Lipinski definition) is 0. The van der Waals surface area contributed by atoms with Crippen LogP contribution in [0.4, 0.5) is 13.2 Å². The van der Waals surface area contributed by atoms with Crippen LogP contribution in [0.2, 0.25) is 0 Å². The lowest BCUT2D eigenvalue weighted by molar-refractivity contribution is -0.0884. The molecule has 0 aliphatic heterocycles. The van der Waals surface area contributed by atoms with Gasteiger partial charge in [-0.1, -0.05) is 115 Å². The van der Waals surface area contributed by atoms with Gasteiger partial charge in [-0.3, -0.25) is 0 Å². The van der Waals surface area contributed by atoms with Crippen molar-refractivity contribution in [2.75, 3.05) is 0 Å². The molecule has 4 aromatic rings. The zero-order valence-electron chi connectivity index (χ0n) is 22.9. The Morgan fingerprint density at radius 3 is 2.05 bits per heavy atom. The molecule has 4 aromatic carbocycles. The molecule has 0 heterocycles. The molecule has 3 heteroatoms. The monoisotopic (exact) mass is 552 g/mol. The van der Waals surface area contributed by atoms with Crippen molar-refractivity contribution in [1.82, 2.24) is 0 Å². The average Bonchev–Trinajstić information content (AvgIpc) is 3.35. The van der Waals surface area contributed by atoms with Crippen LogP contribution in [0.15, 0.2) is 115 Å². The summed E-state index contributed by atoms with van der Waals surface area (Å²) in [7, 11) is 0. The maximum absolute atomic E-state index is 13.3. The quantitative estimate of drug-likeness (QED) is 0.233. The van der Waals surface area contributed by atoms with Gasteiger partial charge in [0, 0.05) is 0 Å². The SMILES string of the molecule is FC(F)(F)C1=CCC(=c2ccc3c4c2C=CCC4=c2c(-c4ccccc4)c4ccccc4c(C4=CCCC=C4)c2=3)C=C1. The lowest BCUT2D eigenvalue weighted by atomic mass is 9.85. The summed E-state index contributed by atoms with van der Waals surface area (Å²) in [6, 6.07) is 23.7. The molecule has 0 unspecified atom stereocenters. The van der Waals surface area contributed by atoms with Gasteiger partial charge in [-0.05, 0) is 102 Å². The Hall–Kier alpha value is -4.63. The number of hydrogen-bond acceptors (Lipinski definition) is 0. The molecule has 0 saturated carbocycles. The molecule has 0 saturated heterocycles. The van der Waals surface area contributed by atoms with Crippen molar-refractivity contribution in [2.24, 2.45) is 0 Å². The first-order valence-corrected chi connectivity index (χ1v) is 14.5. The number of rotatable bonds is 2. The smallest absolute Gasteiger partial charge is 0.166 e. The lowest BCUT2D eigenvalue weighted by Gasteiger charge is -2.18. The predicted molar refractivity (Wildman–Crippen MR) is 167 cm³/mol. The van der Waals surface area contributed by atoms with Crippen LogP contribution >= 0.6 is 0 Å². The first-order valence-electron chi connectivity index (χ1n) is 14.5. The summed E-state index contributed by atoms with van der Waals surface area (Å²) in [6.07, 6.45) is 14.3. The Morgan fingerprint density at radius 2 is 1.33 bits per heavy atom. The van der Waals surface area contributed by atoms with Crippen molar-refractivity contribution in [3.05, 3.63) is 152 Å². The van der Waals surface area contributed by atoms with Crippen LogP contribution in [0, 0.1) is 10.4 Å². The van der Waals surface area contributed by atoms with Gasteiger partial charge in [-0.15, -0.1) is 0 Å². The molecular formula is C39H27F3. The molecule has 42 heavy (non-hydrogen) atoms. The topological polar surface area (TPSA) is 0 Å². The summed E-state index contributed by atoms with van der Waals surface area (Å²) < 4.78 is 40.0. The van der Waals surface area contributed by atoms with Crippen LogP contribution in [0.3, 0.4) is 0 Å². The molecule has 0 amide bonds. The molecule has 4 aliphatic carbocycles. The molecule has 204 valence electrons. The molecule has 0 aromatic heterocycles. The van der Waals surface area contributed by atoms with E-state index >= 15 is 0 Å². The van der Waals surface area contributed by atoms with E-state index in [0.29, 0.717) is 0 Å². The largest absolute Gasteiger partial charge is 0.416 e. The van der Waals surface area contributed by atoms with Crippen molar-refractivity contribution in [1.29, 1.82) is 0 Å². The Kier molecular flexibility index (Phi) is 5.65. The minimum Gasteiger partial charge on any atom is -0.166 e. The number of benzene rings is 4. The van der Waals surface area contributed by atoms with Gasteiger partial charge in [0.15, 0.2) is 0 Å². The molecule has 0 N–H and O–H groups in total. The van der Waals surface area contributed by atoms with Gasteiger partial charge in [0.2, 0.25) is 0 Å². The zero-order chi connectivity index (χ0) is 28.4. The van der Waals surface area contributed by atoms with Crippen LogP contribution in [0.25, 0.3) is 44.7 Å². The van der Waals surface area contributed by atoms with Gasteiger partial charge in [0.25, 0.3) is 0 Å². The zero-order valence-corrected chi connectivity index (χ0v) is 22.9. The molecule has 0 radical (unpaired) electrons. The normalized spacial score (nSPS) is 18.2. The second-order valence-corrected chi connectivity index (χ2v) is 11.3. The van der Waals surface area contributed by atoms with E-state index in [9.17, 15) is 13.2 Å². The molecule has 0 nitrogen and oxygen atoms in total. The van der Waals surface area contributed by atoms with E-state index in [4.69, 9.17) is 0 Å². The highest BCUT2D eigenvalue weighted by Gasteiger charge is 2.32. The van der Waals surface area contributed by atoms with Crippen LogP contribution in [-0.2, 0) is 0 Å². The Bertz CT molecular complexity index is 2200. The highest BCUT2D eigenvalue weighted by atomic mass is 19.4. The Morgan fingerprint density at radius 1 is 0.571 bits per heavy atom. The maximum Gasteiger partial charge on any atom is 0.416 e. The van der Waals surface area contributed by atoms with Crippen molar-refractivity contribution in [2.45, 2.75) is 31.9 Å². The van der Waals surface area contributed by atoms with Gasteiger partial charge in [0.05, 0.1) is 5.57 Å². The van der Waals surface area contributed by atoms with Crippen molar-refractivity contribution in [3.8, 4) is 11.1 Å². The van der Waals surface area contributed by atoms with E-state index < -0.39 is 11.7 Å². The van der Waals surface area contributed by atoms with Gasteiger partial charge >= 0.3 is 6.18 Å². The van der Waals surface area contributed by atoms with Gasteiger partial charge in [0.1, 0.15) is 0 Å². The first kappa shape index (κ1) is 25.1. The Balaban J connectivity index is 1.55. The van der Waals surface area contributed by atoms with E-state index in [-0.39, 0.29) is 6.42 Å². The summed E-state index contributed by atoms with van der Waals surface area (Å²) in [4.78, 5) is 0. The third-order valence-electron chi connectivity index (χ3n) is 8.97. The van der Waals surface area contributed by atoms with Gasteiger partial charge < -0.3 is 0 Å². The standard InChI is InChI=1S/C39H27F3/c40-39(41,42)27-20-18-24(19-21-27)28-22-23-33-36-29(28)16-9-17-32(36)37-34(25-10-3-1-4-11-25)30-14-7-8-15-31(30)35(38(33)37)26-12-5-2-6-13-26/h1,3-5,7-16,18,20-23H,2,6,17,19H2. The number of fused-ring (bicyclic) bond motifs is 2. The summed E-state index contributed by atoms with van der Waals surface area (Å²) in [5, 5.41) is 7.27. The second-order valence-electron chi connectivity index (χ2n) is 11.3. The van der Waals surface area contributed by atoms with Gasteiger partial charge in [-0.2, -0.15) is 13.2 Å². The maximum atomic E-state index is 13.3. The lowest BCUT2D eigenvalue weighted by Crippen LogP contribution is -2.18. The van der Waals surface area contributed by atoms with Crippen LogP contribution in [-0.4, -0.2) is 6.18 Å². The van der Waals surface area contributed by atoms with Crippen molar-refractivity contribution in [3.63, 3.8) is 0 Å². The predicted octanol–water partition coefficient (Wildman–Crippen LogP) is 9.06. The van der Waals surface area contributed by atoms with E-state index in [1.165, 1.54) is 72.0 Å². The molecule has 8 rings (SSSR count). The minimum absolute atomic E-state index is 0.259. The fourth-order valence-electron chi connectivity index (χ4n) is 7.20. The molecule has 0 fully saturated rings. The highest BCUT2D eigenvalue weighted by molar-refractivity contribution is 6.06. The molecule has 4 aliphatic rings. The van der Waals surface area contributed by atoms with Crippen molar-refractivity contribution >= 4 is 33.6 Å². The summed E-state index contributed by atoms with van der Waals surface area (Å²) >= 11 is 0. The molecule has 0 atom stereocenters. The molecule has 0 bridgehead atoms. The third-order valence-corrected chi connectivity index (χ3v) is 8.97. The van der Waals surface area contributed by atoms with Crippen LogP contribution in [0.1, 0.15) is 42.4 Å². The second kappa shape index (κ2) is 9.46. The van der Waals surface area contributed by atoms with Crippen LogP contribution in [0.5, 0.6) is 0 Å². The van der Waals surface area contributed by atoms with E-state index in [1.54, 1.807) is 6.08 Å². The fourth-order valence-corrected chi connectivity index (χ4v) is 7.20. The summed E-state index contributed by atoms with van der Waals surface area (Å²) in [6.45, 7) is 0. The summed E-state index contributed by atoms with van der Waals surface area (Å²) in [5.41, 5.74) is 8.95. The van der Waals surface area contributed by atoms with Crippen LogP contribution < -0.4 is 10.4 Å². The summed E-state index contributed by atoms with van der Waals surface area (Å²) in [5.74, 6) is 0. The van der Waals surface area contributed by atoms with Crippen molar-refractivity contribution < 1.29 is 13.2 Å². The fraction of sp³-hybridized carbons (Fsp3) is 0.128. The van der Waals surface area contributed by atoms with Gasteiger partial charge in [-0.25, -0.2) is 0 Å². The van der Waals surface area contributed by atoms with E-state index in [1.807, 2.05) is 0 Å².